The summed E-state index contributed by atoms with van der Waals surface area (Å²) >= 11 is 0. The van der Waals surface area contributed by atoms with Gasteiger partial charge in [0.05, 0.1) is 6.54 Å². The standard InChI is InChI=1S/C15H27N3O.ClH/c1-11-4-3-5-12(2)18(11)15(19)10-17-8-13-6-16-7-14(13)9-17;/h11-14,16H,3-10H2,1-2H3;1H/t11?,12?,13-,14+;. The van der Waals surface area contributed by atoms with Gasteiger partial charge in [-0.3, -0.25) is 9.69 Å². The molecule has 3 fully saturated rings. The van der Waals surface area contributed by atoms with Gasteiger partial charge in [0.15, 0.2) is 0 Å². The van der Waals surface area contributed by atoms with Crippen LogP contribution < -0.4 is 5.32 Å². The van der Waals surface area contributed by atoms with E-state index in [2.05, 4.69) is 29.0 Å². The van der Waals surface area contributed by atoms with Crippen LogP contribution in [0.3, 0.4) is 0 Å². The van der Waals surface area contributed by atoms with E-state index in [0.29, 0.717) is 24.5 Å². The Kier molecular flexibility index (Phi) is 5.32. The molecule has 20 heavy (non-hydrogen) atoms. The lowest BCUT2D eigenvalue weighted by atomic mass is 9.97. The van der Waals surface area contributed by atoms with Gasteiger partial charge in [-0.25, -0.2) is 0 Å². The van der Waals surface area contributed by atoms with Crippen molar-refractivity contribution < 1.29 is 4.79 Å². The summed E-state index contributed by atoms with van der Waals surface area (Å²) < 4.78 is 0. The Balaban J connectivity index is 0.00000147. The fourth-order valence-electron chi connectivity index (χ4n) is 4.27. The van der Waals surface area contributed by atoms with Gasteiger partial charge in [-0.05, 0) is 58.0 Å². The molecule has 3 saturated heterocycles. The van der Waals surface area contributed by atoms with Crippen LogP contribution >= 0.6 is 12.4 Å². The third-order valence-corrected chi connectivity index (χ3v) is 5.31. The average molecular weight is 302 g/mol. The molecule has 0 aromatic carbocycles. The van der Waals surface area contributed by atoms with E-state index in [9.17, 15) is 4.79 Å². The molecule has 1 amide bonds. The Bertz CT molecular complexity index is 330. The highest BCUT2D eigenvalue weighted by atomic mass is 35.5. The monoisotopic (exact) mass is 301 g/mol. The van der Waals surface area contributed by atoms with Crippen LogP contribution in [0.4, 0.5) is 0 Å². The molecule has 3 aliphatic heterocycles. The fraction of sp³-hybridized carbons (Fsp3) is 0.933. The summed E-state index contributed by atoms with van der Waals surface area (Å²) in [5.74, 6) is 1.92. The molecule has 116 valence electrons. The Morgan fingerprint density at radius 3 is 2.20 bits per heavy atom. The Labute approximate surface area is 128 Å². The van der Waals surface area contributed by atoms with Crippen molar-refractivity contribution in [2.75, 3.05) is 32.7 Å². The molecular weight excluding hydrogens is 274 g/mol. The zero-order valence-electron chi connectivity index (χ0n) is 12.7. The largest absolute Gasteiger partial charge is 0.336 e. The van der Waals surface area contributed by atoms with Crippen LogP contribution in [-0.4, -0.2) is 60.5 Å². The summed E-state index contributed by atoms with van der Waals surface area (Å²) in [5.41, 5.74) is 0. The molecule has 0 aliphatic carbocycles. The lowest BCUT2D eigenvalue weighted by Gasteiger charge is -2.40. The first-order chi connectivity index (χ1) is 9.15. The third kappa shape index (κ3) is 3.12. The van der Waals surface area contributed by atoms with Gasteiger partial charge in [0.2, 0.25) is 5.91 Å². The summed E-state index contributed by atoms with van der Waals surface area (Å²) in [4.78, 5) is 17.1. The van der Waals surface area contributed by atoms with Gasteiger partial charge < -0.3 is 10.2 Å². The maximum Gasteiger partial charge on any atom is 0.237 e. The summed E-state index contributed by atoms with van der Waals surface area (Å²) in [7, 11) is 0. The topological polar surface area (TPSA) is 35.6 Å². The van der Waals surface area contributed by atoms with Gasteiger partial charge >= 0.3 is 0 Å². The molecule has 1 N–H and O–H groups in total. The van der Waals surface area contributed by atoms with Gasteiger partial charge in [0.1, 0.15) is 0 Å². The first-order valence-electron chi connectivity index (χ1n) is 7.89. The number of nitrogens with one attached hydrogen (secondary N) is 1. The van der Waals surface area contributed by atoms with E-state index in [0.717, 1.165) is 38.0 Å². The number of piperidine rings is 1. The second kappa shape index (κ2) is 6.63. The van der Waals surface area contributed by atoms with Crippen LogP contribution in [-0.2, 0) is 4.79 Å². The number of halogens is 1. The van der Waals surface area contributed by atoms with Gasteiger partial charge in [-0.15, -0.1) is 12.4 Å². The number of carbonyl (C=O) groups is 1. The molecule has 3 heterocycles. The van der Waals surface area contributed by atoms with E-state index in [-0.39, 0.29) is 12.4 Å². The van der Waals surface area contributed by atoms with Gasteiger partial charge in [-0.1, -0.05) is 0 Å². The van der Waals surface area contributed by atoms with Gasteiger partial charge in [-0.2, -0.15) is 0 Å². The Morgan fingerprint density at radius 2 is 1.65 bits per heavy atom. The number of rotatable bonds is 2. The molecule has 4 nitrogen and oxygen atoms in total. The molecule has 0 bridgehead atoms. The van der Waals surface area contributed by atoms with Crippen molar-refractivity contribution in [2.45, 2.75) is 45.2 Å². The van der Waals surface area contributed by atoms with Gasteiger partial charge in [0, 0.05) is 25.2 Å². The molecular formula is C15H28ClN3O. The number of fused-ring (bicyclic) bond motifs is 1. The smallest absolute Gasteiger partial charge is 0.237 e. The summed E-state index contributed by atoms with van der Waals surface area (Å²) in [6, 6.07) is 0.861. The molecule has 5 heteroatoms. The van der Waals surface area contributed by atoms with Crippen molar-refractivity contribution in [3.63, 3.8) is 0 Å². The highest BCUT2D eigenvalue weighted by Gasteiger charge is 2.38. The molecule has 0 aromatic heterocycles. The van der Waals surface area contributed by atoms with Gasteiger partial charge in [0.25, 0.3) is 0 Å². The predicted octanol–water partition coefficient (Wildman–Crippen LogP) is 1.35. The van der Waals surface area contributed by atoms with Crippen LogP contribution in [0.1, 0.15) is 33.1 Å². The minimum absolute atomic E-state index is 0. The molecule has 2 unspecified atom stereocenters. The molecule has 4 atom stereocenters. The quantitative estimate of drug-likeness (QED) is 0.836. The number of hydrogen-bond acceptors (Lipinski definition) is 3. The van der Waals surface area contributed by atoms with Crippen LogP contribution in [0, 0.1) is 11.8 Å². The molecule has 0 saturated carbocycles. The number of carbonyl (C=O) groups excluding carboxylic acids is 1. The highest BCUT2D eigenvalue weighted by Crippen LogP contribution is 2.27. The zero-order chi connectivity index (χ0) is 13.4. The first kappa shape index (κ1) is 16.1. The highest BCUT2D eigenvalue weighted by molar-refractivity contribution is 5.85. The van der Waals surface area contributed by atoms with Crippen molar-refractivity contribution >= 4 is 18.3 Å². The van der Waals surface area contributed by atoms with Crippen molar-refractivity contribution in [1.82, 2.24) is 15.1 Å². The second-order valence-electron chi connectivity index (χ2n) is 6.80. The van der Waals surface area contributed by atoms with Crippen molar-refractivity contribution in [3.05, 3.63) is 0 Å². The number of hydrogen-bond donors (Lipinski definition) is 1. The lowest BCUT2D eigenvalue weighted by molar-refractivity contribution is -0.138. The van der Waals surface area contributed by atoms with E-state index >= 15 is 0 Å². The predicted molar refractivity (Wildman–Crippen MR) is 83.2 cm³/mol. The SMILES string of the molecule is CC1CCCC(C)N1C(=O)CN1C[C@H]2CNC[C@H]2C1.Cl. The summed E-state index contributed by atoms with van der Waals surface area (Å²) in [6.45, 7) is 9.56. The first-order valence-corrected chi connectivity index (χ1v) is 7.89. The van der Waals surface area contributed by atoms with Crippen LogP contribution in [0.2, 0.25) is 0 Å². The normalized spacial score (nSPS) is 37.6. The lowest BCUT2D eigenvalue weighted by Crippen LogP contribution is -2.51. The van der Waals surface area contributed by atoms with E-state index in [4.69, 9.17) is 0 Å². The number of nitrogens with zero attached hydrogens (tertiary/aromatic N) is 2. The van der Waals surface area contributed by atoms with Crippen LogP contribution in [0.15, 0.2) is 0 Å². The maximum atomic E-state index is 12.6. The molecule has 0 radical (unpaired) electrons. The minimum atomic E-state index is 0. The van der Waals surface area contributed by atoms with E-state index in [1.807, 2.05) is 0 Å². The third-order valence-electron chi connectivity index (χ3n) is 5.31. The second-order valence-corrected chi connectivity index (χ2v) is 6.80. The van der Waals surface area contributed by atoms with Crippen molar-refractivity contribution in [3.8, 4) is 0 Å². The van der Waals surface area contributed by atoms with Crippen molar-refractivity contribution in [1.29, 1.82) is 0 Å². The zero-order valence-corrected chi connectivity index (χ0v) is 13.5. The Morgan fingerprint density at radius 1 is 1.10 bits per heavy atom. The number of amides is 1. The molecule has 0 aromatic rings. The van der Waals surface area contributed by atoms with E-state index in [1.54, 1.807) is 0 Å². The fourth-order valence-corrected chi connectivity index (χ4v) is 4.27. The van der Waals surface area contributed by atoms with E-state index in [1.165, 1.54) is 19.3 Å². The molecule has 3 rings (SSSR count). The average Bonchev–Trinajstić information content (AvgIpc) is 2.89. The summed E-state index contributed by atoms with van der Waals surface area (Å²) in [5, 5.41) is 3.45. The maximum absolute atomic E-state index is 12.6. The molecule has 0 spiro atoms. The minimum Gasteiger partial charge on any atom is -0.336 e. The Hall–Kier alpha value is -0.320. The van der Waals surface area contributed by atoms with Crippen LogP contribution in [0.5, 0.6) is 0 Å². The van der Waals surface area contributed by atoms with Crippen LogP contribution in [0.25, 0.3) is 0 Å². The molecule has 3 aliphatic rings. The summed E-state index contributed by atoms with van der Waals surface area (Å²) in [6.07, 6.45) is 3.61. The van der Waals surface area contributed by atoms with E-state index < -0.39 is 0 Å². The number of likely N-dealkylation sites (tertiary alicyclic amines) is 2. The van der Waals surface area contributed by atoms with Crippen molar-refractivity contribution in [2.24, 2.45) is 11.8 Å².